The predicted octanol–water partition coefficient (Wildman–Crippen LogP) is 0.421. The molecule has 8 heteroatoms. The highest BCUT2D eigenvalue weighted by atomic mass is 16.6. The third kappa shape index (κ3) is 3.01. The minimum atomic E-state index is -1.14. The third-order valence-corrected chi connectivity index (χ3v) is 4.08. The van der Waals surface area contributed by atoms with Crippen LogP contribution in [0.2, 0.25) is 0 Å². The maximum Gasteiger partial charge on any atom is 0.164 e. The van der Waals surface area contributed by atoms with Gasteiger partial charge in [-0.05, 0) is 19.9 Å². The number of rotatable bonds is 5. The summed E-state index contributed by atoms with van der Waals surface area (Å²) in [5.41, 5.74) is 1.79. The van der Waals surface area contributed by atoms with Gasteiger partial charge in [0.1, 0.15) is 36.1 Å². The lowest BCUT2D eigenvalue weighted by atomic mass is 10.1. The van der Waals surface area contributed by atoms with E-state index in [9.17, 15) is 15.3 Å². The van der Waals surface area contributed by atoms with Gasteiger partial charge < -0.3 is 29.9 Å². The molecule has 3 rings (SSSR count). The molecule has 0 aromatic carbocycles. The Balaban J connectivity index is 1.90. The van der Waals surface area contributed by atoms with Crippen LogP contribution in [0.5, 0.6) is 0 Å². The van der Waals surface area contributed by atoms with E-state index in [0.29, 0.717) is 18.0 Å². The average Bonchev–Trinajstić information content (AvgIpc) is 3.10. The van der Waals surface area contributed by atoms with Crippen molar-refractivity contribution in [1.82, 2.24) is 14.5 Å². The number of nitrogens with one attached hydrogen (secondary N) is 1. The zero-order chi connectivity index (χ0) is 17.3. The van der Waals surface area contributed by atoms with E-state index in [1.165, 1.54) is 11.9 Å². The van der Waals surface area contributed by atoms with Crippen LogP contribution in [-0.2, 0) is 4.74 Å². The standard InChI is InChI=1S/C16H22N4O4/c1-9(2)3-5-17-14-10-4-6-20(15(10)19-8-18-14)16-13(23)12(22)11(7-21)24-16/h3-4,6,8,11-13,16,21-23H,5,7H2,1-2H3,(H,17,18,19). The summed E-state index contributed by atoms with van der Waals surface area (Å²) in [7, 11) is 0. The van der Waals surface area contributed by atoms with Crippen LogP contribution in [0.3, 0.4) is 0 Å². The Labute approximate surface area is 139 Å². The molecule has 0 amide bonds. The summed E-state index contributed by atoms with van der Waals surface area (Å²) in [6.45, 7) is 4.33. The quantitative estimate of drug-likeness (QED) is 0.586. The van der Waals surface area contributed by atoms with Gasteiger partial charge in [0.15, 0.2) is 6.23 Å². The number of allylic oxidation sites excluding steroid dienone is 1. The van der Waals surface area contributed by atoms with E-state index in [0.717, 1.165) is 5.39 Å². The first kappa shape index (κ1) is 16.8. The molecule has 0 aliphatic carbocycles. The number of aliphatic hydroxyl groups excluding tert-OH is 3. The van der Waals surface area contributed by atoms with E-state index >= 15 is 0 Å². The highest BCUT2D eigenvalue weighted by Crippen LogP contribution is 2.32. The van der Waals surface area contributed by atoms with Crippen molar-refractivity contribution in [3.05, 3.63) is 30.2 Å². The number of nitrogens with zero attached hydrogens (tertiary/aromatic N) is 3. The molecule has 2 aromatic rings. The summed E-state index contributed by atoms with van der Waals surface area (Å²) in [5, 5.41) is 33.4. The first-order valence-electron chi connectivity index (χ1n) is 7.84. The molecule has 4 unspecified atom stereocenters. The Morgan fingerprint density at radius 2 is 2.12 bits per heavy atom. The van der Waals surface area contributed by atoms with Gasteiger partial charge >= 0.3 is 0 Å². The lowest BCUT2D eigenvalue weighted by Crippen LogP contribution is -2.33. The lowest BCUT2D eigenvalue weighted by Gasteiger charge is -2.17. The zero-order valence-electron chi connectivity index (χ0n) is 13.6. The Kier molecular flexibility index (Phi) is 4.81. The van der Waals surface area contributed by atoms with Crippen LogP contribution in [0, 0.1) is 0 Å². The summed E-state index contributed by atoms with van der Waals surface area (Å²) in [4.78, 5) is 8.51. The van der Waals surface area contributed by atoms with Gasteiger partial charge in [-0.1, -0.05) is 11.6 Å². The third-order valence-electron chi connectivity index (χ3n) is 4.08. The molecule has 3 heterocycles. The van der Waals surface area contributed by atoms with E-state index in [2.05, 4.69) is 21.4 Å². The van der Waals surface area contributed by atoms with Crippen LogP contribution in [0.25, 0.3) is 11.0 Å². The molecule has 2 aromatic heterocycles. The van der Waals surface area contributed by atoms with Gasteiger partial charge in [-0.3, -0.25) is 0 Å². The molecular weight excluding hydrogens is 312 g/mol. The van der Waals surface area contributed by atoms with Crippen molar-refractivity contribution in [2.24, 2.45) is 0 Å². The van der Waals surface area contributed by atoms with Crippen molar-refractivity contribution < 1.29 is 20.1 Å². The number of anilines is 1. The topological polar surface area (TPSA) is 113 Å². The minimum Gasteiger partial charge on any atom is -0.394 e. The Hall–Kier alpha value is -2.00. The number of hydrogen-bond donors (Lipinski definition) is 4. The molecule has 130 valence electrons. The molecule has 1 aliphatic rings. The molecule has 1 saturated heterocycles. The molecule has 1 aliphatic heterocycles. The molecule has 0 spiro atoms. The summed E-state index contributed by atoms with van der Waals surface area (Å²) >= 11 is 0. The van der Waals surface area contributed by atoms with Crippen molar-refractivity contribution in [3.8, 4) is 0 Å². The van der Waals surface area contributed by atoms with E-state index in [1.807, 2.05) is 19.9 Å². The molecule has 8 nitrogen and oxygen atoms in total. The van der Waals surface area contributed by atoms with E-state index < -0.39 is 24.5 Å². The molecule has 4 N–H and O–H groups in total. The maximum absolute atomic E-state index is 10.2. The zero-order valence-corrected chi connectivity index (χ0v) is 13.6. The summed E-state index contributed by atoms with van der Waals surface area (Å²) < 4.78 is 7.21. The highest BCUT2D eigenvalue weighted by Gasteiger charge is 2.43. The van der Waals surface area contributed by atoms with Crippen molar-refractivity contribution in [1.29, 1.82) is 0 Å². The summed E-state index contributed by atoms with van der Waals surface area (Å²) in [6, 6.07) is 1.83. The van der Waals surface area contributed by atoms with Gasteiger partial charge in [0.2, 0.25) is 0 Å². The average molecular weight is 334 g/mol. The first-order chi connectivity index (χ1) is 11.5. The Morgan fingerprint density at radius 3 is 2.79 bits per heavy atom. The number of aromatic nitrogens is 3. The van der Waals surface area contributed by atoms with Crippen molar-refractivity contribution in [2.45, 2.75) is 38.4 Å². The largest absolute Gasteiger partial charge is 0.394 e. The van der Waals surface area contributed by atoms with E-state index in [1.54, 1.807) is 10.8 Å². The lowest BCUT2D eigenvalue weighted by molar-refractivity contribution is -0.0508. The second kappa shape index (κ2) is 6.86. The van der Waals surface area contributed by atoms with E-state index in [4.69, 9.17) is 4.74 Å². The molecule has 0 bridgehead atoms. The van der Waals surface area contributed by atoms with Crippen LogP contribution in [-0.4, -0.2) is 61.3 Å². The maximum atomic E-state index is 10.2. The molecule has 0 saturated carbocycles. The SMILES string of the molecule is CC(C)=CCNc1ncnc2c1ccn2C1OC(CO)C(O)C1O. The van der Waals surface area contributed by atoms with Gasteiger partial charge in [-0.2, -0.15) is 0 Å². The van der Waals surface area contributed by atoms with Gasteiger partial charge in [-0.25, -0.2) is 9.97 Å². The van der Waals surface area contributed by atoms with Gasteiger partial charge in [0.25, 0.3) is 0 Å². The van der Waals surface area contributed by atoms with Gasteiger partial charge in [-0.15, -0.1) is 0 Å². The van der Waals surface area contributed by atoms with Crippen molar-refractivity contribution >= 4 is 16.9 Å². The fourth-order valence-electron chi connectivity index (χ4n) is 2.78. The van der Waals surface area contributed by atoms with Crippen LogP contribution >= 0.6 is 0 Å². The normalized spacial score (nSPS) is 26.7. The second-order valence-corrected chi connectivity index (χ2v) is 6.07. The smallest absolute Gasteiger partial charge is 0.164 e. The number of aliphatic hydroxyl groups is 3. The summed E-state index contributed by atoms with van der Waals surface area (Å²) in [5.74, 6) is 0.683. The molecule has 24 heavy (non-hydrogen) atoms. The fraction of sp³-hybridized carbons (Fsp3) is 0.500. The van der Waals surface area contributed by atoms with Gasteiger partial charge in [0, 0.05) is 12.7 Å². The van der Waals surface area contributed by atoms with Crippen molar-refractivity contribution in [3.63, 3.8) is 0 Å². The molecule has 0 radical (unpaired) electrons. The van der Waals surface area contributed by atoms with Crippen LogP contribution in [0.15, 0.2) is 30.2 Å². The second-order valence-electron chi connectivity index (χ2n) is 6.07. The number of ether oxygens (including phenoxy) is 1. The number of hydrogen-bond acceptors (Lipinski definition) is 7. The predicted molar refractivity (Wildman–Crippen MR) is 88.5 cm³/mol. The van der Waals surface area contributed by atoms with E-state index in [-0.39, 0.29) is 6.61 Å². The molecule has 1 fully saturated rings. The minimum absolute atomic E-state index is 0.363. The molecule has 4 atom stereocenters. The van der Waals surface area contributed by atoms with Crippen LogP contribution in [0.1, 0.15) is 20.1 Å². The van der Waals surface area contributed by atoms with Crippen LogP contribution < -0.4 is 5.32 Å². The number of fused-ring (bicyclic) bond motifs is 1. The monoisotopic (exact) mass is 334 g/mol. The summed E-state index contributed by atoms with van der Waals surface area (Å²) in [6.07, 6.45) is 1.30. The Bertz CT molecular complexity index is 741. The first-order valence-corrected chi connectivity index (χ1v) is 7.84. The highest BCUT2D eigenvalue weighted by molar-refractivity contribution is 5.87. The van der Waals surface area contributed by atoms with Crippen LogP contribution in [0.4, 0.5) is 5.82 Å². The molecular formula is C16H22N4O4. The van der Waals surface area contributed by atoms with Crippen molar-refractivity contribution in [2.75, 3.05) is 18.5 Å². The Morgan fingerprint density at radius 1 is 1.33 bits per heavy atom. The fourth-order valence-corrected chi connectivity index (χ4v) is 2.78. The van der Waals surface area contributed by atoms with Gasteiger partial charge in [0.05, 0.1) is 12.0 Å².